The summed E-state index contributed by atoms with van der Waals surface area (Å²) >= 11 is 1.57. The second-order valence-corrected chi connectivity index (χ2v) is 9.51. The van der Waals surface area contributed by atoms with Crippen molar-refractivity contribution >= 4 is 32.4 Å². The van der Waals surface area contributed by atoms with Gasteiger partial charge in [-0.1, -0.05) is 52.9 Å². The second-order valence-electron chi connectivity index (χ2n) is 8.50. The molecule has 0 fully saturated rings. The molecule has 1 amide bonds. The second kappa shape index (κ2) is 9.27. The summed E-state index contributed by atoms with van der Waals surface area (Å²) in [6, 6.07) is 23.8. The van der Waals surface area contributed by atoms with Crippen LogP contribution in [0.5, 0.6) is 11.5 Å². The number of ether oxygens (including phenoxy) is 1. The molecule has 178 valence electrons. The van der Waals surface area contributed by atoms with Crippen LogP contribution in [0.2, 0.25) is 0 Å². The van der Waals surface area contributed by atoms with Crippen LogP contribution in [0.3, 0.4) is 0 Å². The molecule has 0 aliphatic heterocycles. The first-order valence-corrected chi connectivity index (χ1v) is 12.3. The third kappa shape index (κ3) is 4.56. The maximum Gasteiger partial charge on any atom is 0.271 e. The Balaban J connectivity index is 1.09. The number of hydrogen-bond donors (Lipinski definition) is 1. The fourth-order valence-corrected chi connectivity index (χ4v) is 5.10. The minimum absolute atomic E-state index is 0.244. The maximum absolute atomic E-state index is 12.7. The quantitative estimate of drug-likeness (QED) is 0.329. The van der Waals surface area contributed by atoms with Crippen LogP contribution in [-0.4, -0.2) is 30.3 Å². The van der Waals surface area contributed by atoms with Gasteiger partial charge in [-0.3, -0.25) is 9.20 Å². The predicted octanol–water partition coefficient (Wildman–Crippen LogP) is 5.22. The van der Waals surface area contributed by atoms with Crippen molar-refractivity contribution in [3.63, 3.8) is 0 Å². The molecule has 9 heteroatoms. The fraction of sp³-hybridized carbons (Fsp3) is 0.111. The fourth-order valence-electron chi connectivity index (χ4n) is 3.99. The van der Waals surface area contributed by atoms with Crippen LogP contribution < -0.4 is 10.1 Å². The zero-order valence-corrected chi connectivity index (χ0v) is 20.3. The highest BCUT2D eigenvalue weighted by molar-refractivity contribution is 7.23. The minimum Gasteiger partial charge on any atom is -0.457 e. The molecule has 0 atom stereocenters. The van der Waals surface area contributed by atoms with Crippen LogP contribution >= 0.6 is 11.3 Å². The van der Waals surface area contributed by atoms with Crippen molar-refractivity contribution in [2.75, 3.05) is 0 Å². The van der Waals surface area contributed by atoms with Crippen LogP contribution in [-0.2, 0) is 13.1 Å². The molecule has 0 saturated heterocycles. The summed E-state index contributed by atoms with van der Waals surface area (Å²) < 4.78 is 10.8. The zero-order valence-electron chi connectivity index (χ0n) is 19.5. The Morgan fingerprint density at radius 1 is 1.00 bits per heavy atom. The van der Waals surface area contributed by atoms with Gasteiger partial charge in [0.1, 0.15) is 22.9 Å². The molecule has 8 nitrogen and oxygen atoms in total. The molecule has 1 N–H and O–H groups in total. The van der Waals surface area contributed by atoms with Gasteiger partial charge < -0.3 is 10.1 Å². The topological polar surface area (TPSA) is 86.3 Å². The number of rotatable bonds is 7. The lowest BCUT2D eigenvalue weighted by atomic mass is 10.2. The first-order chi connectivity index (χ1) is 17.6. The maximum atomic E-state index is 12.7. The summed E-state index contributed by atoms with van der Waals surface area (Å²) in [6.07, 6.45) is 3.60. The average Bonchev–Trinajstić information content (AvgIpc) is 3.58. The summed E-state index contributed by atoms with van der Waals surface area (Å²) in [5.74, 6) is 1.30. The van der Waals surface area contributed by atoms with Gasteiger partial charge in [0.15, 0.2) is 4.96 Å². The van der Waals surface area contributed by atoms with E-state index in [1.54, 1.807) is 22.2 Å². The minimum atomic E-state index is -0.244. The van der Waals surface area contributed by atoms with E-state index in [1.807, 2.05) is 65.2 Å². The normalized spacial score (nSPS) is 11.2. The van der Waals surface area contributed by atoms with Crippen LogP contribution in [0, 0.1) is 6.92 Å². The van der Waals surface area contributed by atoms with E-state index in [4.69, 9.17) is 4.74 Å². The summed E-state index contributed by atoms with van der Waals surface area (Å²) in [7, 11) is 0. The van der Waals surface area contributed by atoms with E-state index >= 15 is 0 Å². The van der Waals surface area contributed by atoms with Gasteiger partial charge in [0.25, 0.3) is 5.91 Å². The van der Waals surface area contributed by atoms with Crippen molar-refractivity contribution < 1.29 is 9.53 Å². The monoisotopic (exact) mass is 494 g/mol. The van der Waals surface area contributed by atoms with Crippen molar-refractivity contribution in [1.82, 2.24) is 29.7 Å². The third-order valence-corrected chi connectivity index (χ3v) is 6.74. The molecule has 0 aliphatic rings. The zero-order chi connectivity index (χ0) is 24.5. The van der Waals surface area contributed by atoms with Gasteiger partial charge in [-0.2, -0.15) is 0 Å². The van der Waals surface area contributed by atoms with E-state index in [9.17, 15) is 4.79 Å². The standard InChI is InChI=1S/C27H22N6O2S/c1-18-10-11-24-25(12-18)36-27-29-23(17-33(24)27)26(34)28-14-20-16-32(31-30-20)15-19-6-5-9-22(13-19)35-21-7-3-2-4-8-21/h2-13,16-17H,14-15H2,1H3,(H,28,34). The Kier molecular flexibility index (Phi) is 5.67. The van der Waals surface area contributed by atoms with E-state index in [0.29, 0.717) is 17.9 Å². The predicted molar refractivity (Wildman–Crippen MR) is 139 cm³/mol. The van der Waals surface area contributed by atoms with Crippen LogP contribution in [0.25, 0.3) is 15.2 Å². The molecule has 6 aromatic rings. The molecule has 3 aromatic carbocycles. The largest absolute Gasteiger partial charge is 0.457 e. The first-order valence-electron chi connectivity index (χ1n) is 11.5. The van der Waals surface area contributed by atoms with Crippen molar-refractivity contribution in [2.24, 2.45) is 0 Å². The van der Waals surface area contributed by atoms with Gasteiger partial charge in [0.05, 0.1) is 29.5 Å². The van der Waals surface area contributed by atoms with Crippen LogP contribution in [0.1, 0.15) is 27.3 Å². The smallest absolute Gasteiger partial charge is 0.271 e. The number of benzene rings is 3. The molecular formula is C27H22N6O2S. The Labute approximate surface area is 210 Å². The molecule has 0 bridgehead atoms. The summed E-state index contributed by atoms with van der Waals surface area (Å²) in [5.41, 5.74) is 4.33. The molecule has 3 aromatic heterocycles. The number of imidazole rings is 1. The van der Waals surface area contributed by atoms with Gasteiger partial charge in [0.2, 0.25) is 0 Å². The number of aryl methyl sites for hydroxylation is 1. The van der Waals surface area contributed by atoms with Crippen LogP contribution in [0.15, 0.2) is 85.2 Å². The number of carbonyl (C=O) groups excluding carboxylic acids is 1. The summed E-state index contributed by atoms with van der Waals surface area (Å²) in [4.78, 5) is 18.0. The van der Waals surface area contributed by atoms with E-state index in [-0.39, 0.29) is 12.5 Å². The highest BCUT2D eigenvalue weighted by Crippen LogP contribution is 2.27. The third-order valence-electron chi connectivity index (χ3n) is 5.72. The van der Waals surface area contributed by atoms with Crippen molar-refractivity contribution in [2.45, 2.75) is 20.0 Å². The van der Waals surface area contributed by atoms with Gasteiger partial charge in [0, 0.05) is 6.20 Å². The molecule has 36 heavy (non-hydrogen) atoms. The lowest BCUT2D eigenvalue weighted by Gasteiger charge is -2.07. The van der Waals surface area contributed by atoms with Gasteiger partial charge >= 0.3 is 0 Å². The van der Waals surface area contributed by atoms with Crippen LogP contribution in [0.4, 0.5) is 0 Å². The van der Waals surface area contributed by atoms with E-state index in [0.717, 1.165) is 32.2 Å². The summed E-state index contributed by atoms with van der Waals surface area (Å²) in [5, 5.41) is 11.3. The number of aromatic nitrogens is 5. The van der Waals surface area contributed by atoms with Crippen molar-refractivity contribution in [3.05, 3.63) is 108 Å². The number of amides is 1. The molecule has 3 heterocycles. The van der Waals surface area contributed by atoms with E-state index in [1.165, 1.54) is 5.56 Å². The number of thiazole rings is 1. The van der Waals surface area contributed by atoms with Crippen molar-refractivity contribution in [3.8, 4) is 11.5 Å². The molecule has 0 unspecified atom stereocenters. The van der Waals surface area contributed by atoms with Crippen molar-refractivity contribution in [1.29, 1.82) is 0 Å². The Morgan fingerprint density at radius 2 is 1.86 bits per heavy atom. The summed E-state index contributed by atoms with van der Waals surface area (Å²) in [6.45, 7) is 2.87. The molecule has 6 rings (SSSR count). The molecule has 0 radical (unpaired) electrons. The first kappa shape index (κ1) is 22.0. The number of nitrogens with one attached hydrogen (secondary N) is 1. The number of hydrogen-bond acceptors (Lipinski definition) is 6. The Morgan fingerprint density at radius 3 is 2.75 bits per heavy atom. The Bertz CT molecular complexity index is 1680. The number of carbonyl (C=O) groups is 1. The number of fused-ring (bicyclic) bond motifs is 3. The van der Waals surface area contributed by atoms with E-state index in [2.05, 4.69) is 45.7 Å². The number of nitrogens with zero attached hydrogens (tertiary/aromatic N) is 5. The molecule has 0 saturated carbocycles. The lowest BCUT2D eigenvalue weighted by molar-refractivity contribution is 0.0946. The SMILES string of the molecule is Cc1ccc2c(c1)sc1nc(C(=O)NCc3cn(Cc4cccc(Oc5ccccc5)c4)nn3)cn12. The van der Waals surface area contributed by atoms with Gasteiger partial charge in [-0.25, -0.2) is 9.67 Å². The molecule has 0 aliphatic carbocycles. The van der Waals surface area contributed by atoms with E-state index < -0.39 is 0 Å². The highest BCUT2D eigenvalue weighted by atomic mass is 32.1. The van der Waals surface area contributed by atoms with Gasteiger partial charge in [-0.05, 0) is 54.4 Å². The molecule has 0 spiro atoms. The number of para-hydroxylation sites is 1. The van der Waals surface area contributed by atoms with Gasteiger partial charge in [-0.15, -0.1) is 5.10 Å². The lowest BCUT2D eigenvalue weighted by Crippen LogP contribution is -2.23. The average molecular weight is 495 g/mol. The Hall–Kier alpha value is -4.50. The highest BCUT2D eigenvalue weighted by Gasteiger charge is 2.15. The molecular weight excluding hydrogens is 472 g/mol.